The number of hydrogen-bond donors (Lipinski definition) is 1. The topological polar surface area (TPSA) is 50.9 Å². The van der Waals surface area contributed by atoms with E-state index in [2.05, 4.69) is 25.9 Å². The van der Waals surface area contributed by atoms with Crippen LogP contribution in [0.1, 0.15) is 12.1 Å². The molecule has 5 heteroatoms. The minimum absolute atomic E-state index is 0.204. The van der Waals surface area contributed by atoms with Crippen molar-refractivity contribution >= 4 is 15.9 Å². The number of aromatic nitrogens is 3. The Kier molecular flexibility index (Phi) is 3.91. The van der Waals surface area contributed by atoms with Crippen LogP contribution in [0.25, 0.3) is 11.5 Å². The molecule has 0 radical (unpaired) electrons. The van der Waals surface area contributed by atoms with Gasteiger partial charge in [-0.25, -0.2) is 4.98 Å². The monoisotopic (exact) mass is 295 g/mol. The summed E-state index contributed by atoms with van der Waals surface area (Å²) in [6, 6.07) is 3.83. The molecule has 2 aromatic heterocycles. The van der Waals surface area contributed by atoms with Crippen LogP contribution >= 0.6 is 15.9 Å². The first-order chi connectivity index (χ1) is 8.22. The number of aryl methyl sites for hydroxylation is 1. The van der Waals surface area contributed by atoms with Gasteiger partial charge in [0.25, 0.3) is 0 Å². The molecule has 0 fully saturated rings. The largest absolute Gasteiger partial charge is 0.396 e. The zero-order valence-corrected chi connectivity index (χ0v) is 11.2. The second-order valence-electron chi connectivity index (χ2n) is 3.82. The van der Waals surface area contributed by atoms with Crippen LogP contribution in [-0.4, -0.2) is 26.2 Å². The first kappa shape index (κ1) is 12.3. The predicted octanol–water partition coefficient (Wildman–Crippen LogP) is 2.17. The molecule has 0 spiro atoms. The molecule has 17 heavy (non-hydrogen) atoms. The summed E-state index contributed by atoms with van der Waals surface area (Å²) in [5.74, 6) is 0.847. The molecular formula is C12H14BrN3O. The van der Waals surface area contributed by atoms with Gasteiger partial charge in [-0.05, 0) is 25.0 Å². The molecule has 0 saturated carbocycles. The van der Waals surface area contributed by atoms with Gasteiger partial charge in [0.05, 0.1) is 0 Å². The summed E-state index contributed by atoms with van der Waals surface area (Å²) < 4.78 is 3.01. The van der Waals surface area contributed by atoms with Crippen molar-refractivity contribution in [1.29, 1.82) is 0 Å². The molecule has 90 valence electrons. The Hall–Kier alpha value is -1.20. The maximum absolute atomic E-state index is 8.83. The quantitative estimate of drug-likeness (QED) is 0.940. The van der Waals surface area contributed by atoms with E-state index in [0.29, 0.717) is 0 Å². The number of pyridine rings is 1. The molecule has 0 aliphatic carbocycles. The highest BCUT2D eigenvalue weighted by molar-refractivity contribution is 9.10. The van der Waals surface area contributed by atoms with Gasteiger partial charge < -0.3 is 9.67 Å². The number of halogens is 1. The molecule has 2 aromatic rings. The molecule has 1 N–H and O–H groups in total. The van der Waals surface area contributed by atoms with E-state index in [-0.39, 0.29) is 6.61 Å². The third-order valence-corrected chi connectivity index (χ3v) is 3.12. The number of aliphatic hydroxyl groups is 1. The second-order valence-corrected chi connectivity index (χ2v) is 4.73. The van der Waals surface area contributed by atoms with Crippen molar-refractivity contribution in [3.05, 3.63) is 34.7 Å². The standard InChI is InChI=1S/C12H14BrN3O/c1-16-10(3-2-6-17)8-15-12(16)11-7-9(13)4-5-14-11/h4-5,7-8,17H,2-3,6H2,1H3. The third kappa shape index (κ3) is 2.73. The number of rotatable bonds is 4. The fourth-order valence-corrected chi connectivity index (χ4v) is 2.04. The minimum atomic E-state index is 0.204. The average Bonchev–Trinajstić information content (AvgIpc) is 2.68. The second kappa shape index (κ2) is 5.42. The maximum Gasteiger partial charge on any atom is 0.158 e. The highest BCUT2D eigenvalue weighted by Gasteiger charge is 2.09. The highest BCUT2D eigenvalue weighted by Crippen LogP contribution is 2.20. The molecule has 0 bridgehead atoms. The van der Waals surface area contributed by atoms with Crippen LogP contribution in [0, 0.1) is 0 Å². The van der Waals surface area contributed by atoms with Crippen molar-refractivity contribution in [2.75, 3.05) is 6.61 Å². The van der Waals surface area contributed by atoms with E-state index in [1.165, 1.54) is 0 Å². The van der Waals surface area contributed by atoms with Gasteiger partial charge in [-0.15, -0.1) is 0 Å². The molecule has 2 heterocycles. The Bertz CT molecular complexity index is 510. The van der Waals surface area contributed by atoms with Gasteiger partial charge in [-0.1, -0.05) is 15.9 Å². The van der Waals surface area contributed by atoms with E-state index in [0.717, 1.165) is 34.5 Å². The normalized spacial score (nSPS) is 10.8. The summed E-state index contributed by atoms with van der Waals surface area (Å²) in [6.07, 6.45) is 5.17. The van der Waals surface area contributed by atoms with Crippen LogP contribution in [0.3, 0.4) is 0 Å². The van der Waals surface area contributed by atoms with Crippen molar-refractivity contribution < 1.29 is 5.11 Å². The zero-order valence-electron chi connectivity index (χ0n) is 9.60. The minimum Gasteiger partial charge on any atom is -0.396 e. The molecule has 0 amide bonds. The van der Waals surface area contributed by atoms with Crippen LogP contribution in [0.5, 0.6) is 0 Å². The van der Waals surface area contributed by atoms with Crippen molar-refractivity contribution in [1.82, 2.24) is 14.5 Å². The van der Waals surface area contributed by atoms with Gasteiger partial charge in [-0.3, -0.25) is 4.98 Å². The van der Waals surface area contributed by atoms with Crippen LogP contribution in [0.4, 0.5) is 0 Å². The smallest absolute Gasteiger partial charge is 0.158 e. The third-order valence-electron chi connectivity index (χ3n) is 2.63. The molecule has 0 saturated heterocycles. The lowest BCUT2D eigenvalue weighted by atomic mass is 10.2. The molecule has 4 nitrogen and oxygen atoms in total. The van der Waals surface area contributed by atoms with Crippen molar-refractivity contribution in [3.63, 3.8) is 0 Å². The summed E-state index contributed by atoms with van der Waals surface area (Å²) in [6.45, 7) is 0.204. The summed E-state index contributed by atoms with van der Waals surface area (Å²) >= 11 is 3.42. The number of imidazole rings is 1. The van der Waals surface area contributed by atoms with Gasteiger partial charge >= 0.3 is 0 Å². The van der Waals surface area contributed by atoms with E-state index in [1.807, 2.05) is 29.9 Å². The van der Waals surface area contributed by atoms with Crippen molar-refractivity contribution in [2.24, 2.45) is 7.05 Å². The lowest BCUT2D eigenvalue weighted by Crippen LogP contribution is -2.00. The summed E-state index contributed by atoms with van der Waals surface area (Å²) in [4.78, 5) is 8.68. The summed E-state index contributed by atoms with van der Waals surface area (Å²) in [5, 5.41) is 8.83. The van der Waals surface area contributed by atoms with Gasteiger partial charge in [0.15, 0.2) is 5.82 Å². The fourth-order valence-electron chi connectivity index (χ4n) is 1.70. The van der Waals surface area contributed by atoms with E-state index in [1.54, 1.807) is 6.20 Å². The van der Waals surface area contributed by atoms with E-state index in [9.17, 15) is 0 Å². The van der Waals surface area contributed by atoms with Gasteiger partial charge in [0.1, 0.15) is 5.69 Å². The molecule has 0 aromatic carbocycles. The van der Waals surface area contributed by atoms with E-state index < -0.39 is 0 Å². The molecular weight excluding hydrogens is 282 g/mol. The molecule has 0 aliphatic heterocycles. The lowest BCUT2D eigenvalue weighted by Gasteiger charge is -2.05. The summed E-state index contributed by atoms with van der Waals surface area (Å²) in [7, 11) is 1.97. The van der Waals surface area contributed by atoms with E-state index in [4.69, 9.17) is 5.11 Å². The summed E-state index contributed by atoms with van der Waals surface area (Å²) in [5.41, 5.74) is 1.95. The Morgan fingerprint density at radius 1 is 1.41 bits per heavy atom. The Morgan fingerprint density at radius 2 is 2.24 bits per heavy atom. The zero-order chi connectivity index (χ0) is 12.3. The first-order valence-electron chi connectivity index (χ1n) is 5.45. The average molecular weight is 296 g/mol. The molecule has 2 rings (SSSR count). The number of hydrogen-bond acceptors (Lipinski definition) is 3. The number of aliphatic hydroxyl groups excluding tert-OH is 1. The van der Waals surface area contributed by atoms with Gasteiger partial charge in [0, 0.05) is 36.2 Å². The lowest BCUT2D eigenvalue weighted by molar-refractivity contribution is 0.287. The van der Waals surface area contributed by atoms with Crippen LogP contribution < -0.4 is 0 Å². The highest BCUT2D eigenvalue weighted by atomic mass is 79.9. The molecule has 0 aliphatic rings. The van der Waals surface area contributed by atoms with Gasteiger partial charge in [0.2, 0.25) is 0 Å². The van der Waals surface area contributed by atoms with Crippen LogP contribution in [-0.2, 0) is 13.5 Å². The van der Waals surface area contributed by atoms with Crippen LogP contribution in [0.2, 0.25) is 0 Å². The Morgan fingerprint density at radius 3 is 2.94 bits per heavy atom. The van der Waals surface area contributed by atoms with Crippen LogP contribution in [0.15, 0.2) is 29.0 Å². The Labute approximate surface area is 108 Å². The Balaban J connectivity index is 2.30. The van der Waals surface area contributed by atoms with Crippen molar-refractivity contribution in [2.45, 2.75) is 12.8 Å². The molecule has 0 atom stereocenters. The number of nitrogens with zero attached hydrogens (tertiary/aromatic N) is 3. The fraction of sp³-hybridized carbons (Fsp3) is 0.333. The maximum atomic E-state index is 8.83. The SMILES string of the molecule is Cn1c(CCCO)cnc1-c1cc(Br)ccn1. The van der Waals surface area contributed by atoms with E-state index >= 15 is 0 Å². The predicted molar refractivity (Wildman–Crippen MR) is 69.5 cm³/mol. The van der Waals surface area contributed by atoms with Crippen molar-refractivity contribution in [3.8, 4) is 11.5 Å². The van der Waals surface area contributed by atoms with Gasteiger partial charge in [-0.2, -0.15) is 0 Å². The first-order valence-corrected chi connectivity index (χ1v) is 6.25. The molecule has 0 unspecified atom stereocenters.